The quantitative estimate of drug-likeness (QED) is 0.536. The van der Waals surface area contributed by atoms with Gasteiger partial charge in [0.15, 0.2) is 0 Å². The molecule has 1 aliphatic rings. The van der Waals surface area contributed by atoms with Crippen LogP contribution in [0, 0.1) is 13.8 Å². The molecule has 0 saturated heterocycles. The van der Waals surface area contributed by atoms with Crippen molar-refractivity contribution in [1.82, 2.24) is 4.98 Å². The number of benzene rings is 1. The van der Waals surface area contributed by atoms with Gasteiger partial charge in [-0.3, -0.25) is 4.98 Å². The topological polar surface area (TPSA) is 12.9 Å². The van der Waals surface area contributed by atoms with E-state index in [0.29, 0.717) is 0 Å². The Morgan fingerprint density at radius 2 is 1.87 bits per heavy atom. The first-order chi connectivity index (χ1) is 7.25. The average Bonchev–Trinajstić information content (AvgIpc) is 2.57. The summed E-state index contributed by atoms with van der Waals surface area (Å²) in [7, 11) is 0. The second kappa shape index (κ2) is 2.93. The number of aromatic nitrogens is 1. The molecule has 3 rings (SSSR count). The molecule has 1 heteroatoms. The van der Waals surface area contributed by atoms with Gasteiger partial charge in [0.25, 0.3) is 0 Å². The summed E-state index contributed by atoms with van der Waals surface area (Å²) in [6.07, 6.45) is 1.04. The Balaban J connectivity index is 2.29. The molecule has 0 fully saturated rings. The van der Waals surface area contributed by atoms with Crippen LogP contribution in [0.5, 0.6) is 0 Å². The standard InChI is InChI=1S/C14H13N/c1-9-7-12-8-11-5-3-4-6-13(11)14(12)15-10(9)2/h3-7H,8H2,1-2H3. The van der Waals surface area contributed by atoms with E-state index >= 15 is 0 Å². The Labute approximate surface area is 89.8 Å². The average molecular weight is 195 g/mol. The van der Waals surface area contributed by atoms with Crippen LogP contribution in [0.4, 0.5) is 0 Å². The van der Waals surface area contributed by atoms with Crippen molar-refractivity contribution in [3.05, 3.63) is 52.7 Å². The van der Waals surface area contributed by atoms with Gasteiger partial charge in [0.05, 0.1) is 5.69 Å². The van der Waals surface area contributed by atoms with Gasteiger partial charge < -0.3 is 0 Å². The van der Waals surface area contributed by atoms with Crippen molar-refractivity contribution < 1.29 is 0 Å². The highest BCUT2D eigenvalue weighted by Crippen LogP contribution is 2.35. The van der Waals surface area contributed by atoms with Gasteiger partial charge in [-0.2, -0.15) is 0 Å². The molecule has 2 aromatic rings. The fourth-order valence-corrected chi connectivity index (χ4v) is 2.24. The SMILES string of the molecule is Cc1cc2c(nc1C)-c1ccccc1C2. The summed E-state index contributed by atoms with van der Waals surface area (Å²) in [6, 6.07) is 10.8. The molecule has 1 aliphatic carbocycles. The first-order valence-electron chi connectivity index (χ1n) is 5.31. The zero-order chi connectivity index (χ0) is 10.4. The molecule has 0 bridgehead atoms. The van der Waals surface area contributed by atoms with Crippen LogP contribution in [-0.2, 0) is 6.42 Å². The number of aryl methyl sites for hydroxylation is 2. The third-order valence-electron chi connectivity index (χ3n) is 3.20. The normalized spacial score (nSPS) is 12.4. The molecule has 0 aliphatic heterocycles. The second-order valence-electron chi connectivity index (χ2n) is 4.23. The highest BCUT2D eigenvalue weighted by Gasteiger charge is 2.19. The molecular formula is C14H13N. The lowest BCUT2D eigenvalue weighted by Crippen LogP contribution is -1.91. The van der Waals surface area contributed by atoms with E-state index in [-0.39, 0.29) is 0 Å². The Morgan fingerprint density at radius 1 is 1.07 bits per heavy atom. The first kappa shape index (κ1) is 8.66. The Hall–Kier alpha value is -1.63. The van der Waals surface area contributed by atoms with Crippen LogP contribution in [0.1, 0.15) is 22.4 Å². The van der Waals surface area contributed by atoms with Crippen molar-refractivity contribution in [2.24, 2.45) is 0 Å². The number of fused-ring (bicyclic) bond motifs is 3. The van der Waals surface area contributed by atoms with Crippen LogP contribution < -0.4 is 0 Å². The number of hydrogen-bond acceptors (Lipinski definition) is 1. The highest BCUT2D eigenvalue weighted by atomic mass is 14.7. The molecule has 15 heavy (non-hydrogen) atoms. The molecule has 0 atom stereocenters. The van der Waals surface area contributed by atoms with E-state index in [2.05, 4.69) is 44.2 Å². The summed E-state index contributed by atoms with van der Waals surface area (Å²) >= 11 is 0. The lowest BCUT2D eigenvalue weighted by molar-refractivity contribution is 1.13. The van der Waals surface area contributed by atoms with E-state index in [1.54, 1.807) is 0 Å². The minimum atomic E-state index is 1.04. The third-order valence-corrected chi connectivity index (χ3v) is 3.20. The van der Waals surface area contributed by atoms with Gasteiger partial charge in [-0.25, -0.2) is 0 Å². The summed E-state index contributed by atoms with van der Waals surface area (Å²) in [6.45, 7) is 4.21. The van der Waals surface area contributed by atoms with Gasteiger partial charge in [-0.15, -0.1) is 0 Å². The van der Waals surface area contributed by atoms with Crippen molar-refractivity contribution in [3.8, 4) is 11.3 Å². The molecule has 74 valence electrons. The fraction of sp³-hybridized carbons (Fsp3) is 0.214. The van der Waals surface area contributed by atoms with Crippen molar-refractivity contribution >= 4 is 0 Å². The van der Waals surface area contributed by atoms with Gasteiger partial charge >= 0.3 is 0 Å². The zero-order valence-corrected chi connectivity index (χ0v) is 9.04. The van der Waals surface area contributed by atoms with Crippen molar-refractivity contribution in [2.45, 2.75) is 20.3 Å². The first-order valence-corrected chi connectivity index (χ1v) is 5.31. The summed E-state index contributed by atoms with van der Waals surface area (Å²) in [5.41, 5.74) is 7.72. The number of hydrogen-bond donors (Lipinski definition) is 0. The lowest BCUT2D eigenvalue weighted by atomic mass is 10.1. The van der Waals surface area contributed by atoms with Gasteiger partial charge in [-0.1, -0.05) is 30.3 Å². The molecule has 1 aromatic carbocycles. The highest BCUT2D eigenvalue weighted by molar-refractivity contribution is 5.73. The van der Waals surface area contributed by atoms with E-state index in [9.17, 15) is 0 Å². The molecular weight excluding hydrogens is 182 g/mol. The number of pyridine rings is 1. The maximum atomic E-state index is 4.69. The summed E-state index contributed by atoms with van der Waals surface area (Å²) in [4.78, 5) is 4.69. The van der Waals surface area contributed by atoms with Crippen molar-refractivity contribution in [3.63, 3.8) is 0 Å². The molecule has 0 saturated carbocycles. The summed E-state index contributed by atoms with van der Waals surface area (Å²) in [5.74, 6) is 0. The zero-order valence-electron chi connectivity index (χ0n) is 9.04. The lowest BCUT2D eigenvalue weighted by Gasteiger charge is -2.04. The van der Waals surface area contributed by atoms with Crippen LogP contribution in [-0.4, -0.2) is 4.98 Å². The third kappa shape index (κ3) is 1.19. The van der Waals surface area contributed by atoms with E-state index < -0.39 is 0 Å². The Bertz CT molecular complexity index is 541. The largest absolute Gasteiger partial charge is 0.253 e. The fourth-order valence-electron chi connectivity index (χ4n) is 2.24. The molecule has 1 heterocycles. The van der Waals surface area contributed by atoms with Crippen molar-refractivity contribution in [1.29, 1.82) is 0 Å². The minimum Gasteiger partial charge on any atom is -0.253 e. The minimum absolute atomic E-state index is 1.04. The van der Waals surface area contributed by atoms with Gasteiger partial charge in [-0.05, 0) is 30.5 Å². The van der Waals surface area contributed by atoms with Crippen LogP contribution in [0.25, 0.3) is 11.3 Å². The smallest absolute Gasteiger partial charge is 0.0743 e. The number of nitrogens with zero attached hydrogens (tertiary/aromatic N) is 1. The van der Waals surface area contributed by atoms with E-state index in [1.165, 1.54) is 27.9 Å². The Morgan fingerprint density at radius 3 is 2.73 bits per heavy atom. The predicted octanol–water partition coefficient (Wildman–Crippen LogP) is 3.27. The van der Waals surface area contributed by atoms with Crippen LogP contribution in [0.3, 0.4) is 0 Å². The molecule has 0 N–H and O–H groups in total. The van der Waals surface area contributed by atoms with Crippen LogP contribution in [0.15, 0.2) is 30.3 Å². The van der Waals surface area contributed by atoms with Gasteiger partial charge in [0.1, 0.15) is 0 Å². The Kier molecular flexibility index (Phi) is 1.69. The molecule has 0 radical (unpaired) electrons. The molecule has 0 amide bonds. The van der Waals surface area contributed by atoms with E-state index in [4.69, 9.17) is 4.98 Å². The molecule has 1 aromatic heterocycles. The molecule has 0 unspecified atom stereocenters. The summed E-state index contributed by atoms with van der Waals surface area (Å²) < 4.78 is 0. The van der Waals surface area contributed by atoms with Gasteiger partial charge in [0.2, 0.25) is 0 Å². The maximum absolute atomic E-state index is 4.69. The van der Waals surface area contributed by atoms with Crippen LogP contribution >= 0.6 is 0 Å². The monoisotopic (exact) mass is 195 g/mol. The predicted molar refractivity (Wildman–Crippen MR) is 62.0 cm³/mol. The molecule has 0 spiro atoms. The molecule has 1 nitrogen and oxygen atoms in total. The second-order valence-corrected chi connectivity index (χ2v) is 4.23. The van der Waals surface area contributed by atoms with E-state index in [1.807, 2.05) is 0 Å². The maximum Gasteiger partial charge on any atom is 0.0743 e. The van der Waals surface area contributed by atoms with E-state index in [0.717, 1.165) is 12.1 Å². The number of rotatable bonds is 0. The van der Waals surface area contributed by atoms with Gasteiger partial charge in [0, 0.05) is 17.7 Å². The van der Waals surface area contributed by atoms with Crippen molar-refractivity contribution in [2.75, 3.05) is 0 Å². The summed E-state index contributed by atoms with van der Waals surface area (Å²) in [5, 5.41) is 0. The van der Waals surface area contributed by atoms with Crippen LogP contribution in [0.2, 0.25) is 0 Å².